The Balaban J connectivity index is 1.42. The lowest BCUT2D eigenvalue weighted by Crippen LogP contribution is -2.36. The van der Waals surface area contributed by atoms with Gasteiger partial charge in [0.05, 0.1) is 12.1 Å². The summed E-state index contributed by atoms with van der Waals surface area (Å²) in [6.07, 6.45) is 0.333. The zero-order valence-corrected chi connectivity index (χ0v) is 19.6. The maximum Gasteiger partial charge on any atom is 0.339 e. The Bertz CT molecular complexity index is 1510. The molecule has 35 heavy (non-hydrogen) atoms. The van der Waals surface area contributed by atoms with Gasteiger partial charge in [-0.15, -0.1) is 11.3 Å². The van der Waals surface area contributed by atoms with Gasteiger partial charge in [0.2, 0.25) is 0 Å². The number of nitrogens with one attached hydrogen (secondary N) is 1. The number of carbonyl (C=O) groups excluding carboxylic acids is 2. The number of carboxylic acids is 1. The van der Waals surface area contributed by atoms with E-state index >= 15 is 0 Å². The molecule has 0 unspecified atom stereocenters. The van der Waals surface area contributed by atoms with Crippen molar-refractivity contribution in [2.24, 2.45) is 0 Å². The molecule has 2 N–H and O–H groups in total. The molecule has 176 valence electrons. The highest BCUT2D eigenvalue weighted by molar-refractivity contribution is 7.17. The van der Waals surface area contributed by atoms with E-state index in [9.17, 15) is 23.9 Å². The van der Waals surface area contributed by atoms with Crippen molar-refractivity contribution in [1.29, 1.82) is 0 Å². The van der Waals surface area contributed by atoms with Crippen LogP contribution in [0.2, 0.25) is 0 Å². The number of anilines is 1. The Morgan fingerprint density at radius 3 is 2.57 bits per heavy atom. The molecule has 2 heterocycles. The Hall–Kier alpha value is -4.04. The highest BCUT2D eigenvalue weighted by Crippen LogP contribution is 2.38. The van der Waals surface area contributed by atoms with E-state index in [4.69, 9.17) is 0 Å². The van der Waals surface area contributed by atoms with Gasteiger partial charge in [-0.1, -0.05) is 36.4 Å². The van der Waals surface area contributed by atoms with Gasteiger partial charge in [-0.2, -0.15) is 0 Å². The summed E-state index contributed by atoms with van der Waals surface area (Å²) in [6.45, 7) is 2.06. The van der Waals surface area contributed by atoms with Gasteiger partial charge in [0.1, 0.15) is 10.8 Å². The summed E-state index contributed by atoms with van der Waals surface area (Å²) in [5.41, 5.74) is 1.67. The average Bonchev–Trinajstić information content (AvgIpc) is 3.22. The fourth-order valence-electron chi connectivity index (χ4n) is 4.41. The van der Waals surface area contributed by atoms with E-state index in [0.717, 1.165) is 22.1 Å². The van der Waals surface area contributed by atoms with Gasteiger partial charge >= 0.3 is 5.97 Å². The summed E-state index contributed by atoms with van der Waals surface area (Å²) in [4.78, 5) is 40.4. The van der Waals surface area contributed by atoms with Crippen LogP contribution in [-0.4, -0.2) is 34.3 Å². The molecular formula is C27H21FN2O4S. The molecule has 1 aliphatic rings. The van der Waals surface area contributed by atoms with Crippen LogP contribution in [0, 0.1) is 12.7 Å². The number of halogens is 1. The molecule has 0 bridgehead atoms. The molecule has 5 rings (SSSR count). The largest absolute Gasteiger partial charge is 0.478 e. The highest BCUT2D eigenvalue weighted by Gasteiger charge is 2.31. The standard InChI is InChI=1S/C27H21FN2O4S/c1-15-19(7-4-8-21(15)28)26(32)30-12-11-20-22(14-30)35-25(23(20)27(33)34)29-24(31)18-10-9-16-5-2-3-6-17(16)13-18/h2-10,13H,11-12,14H2,1H3,(H,29,31)(H,33,34). The second-order valence-electron chi connectivity index (χ2n) is 8.42. The topological polar surface area (TPSA) is 86.7 Å². The predicted octanol–water partition coefficient (Wildman–Crippen LogP) is 5.50. The molecule has 3 aromatic carbocycles. The minimum Gasteiger partial charge on any atom is -0.478 e. The van der Waals surface area contributed by atoms with Gasteiger partial charge in [-0.05, 0) is 59.5 Å². The minimum absolute atomic E-state index is 0.0631. The summed E-state index contributed by atoms with van der Waals surface area (Å²) in [7, 11) is 0. The monoisotopic (exact) mass is 488 g/mol. The number of benzene rings is 3. The fraction of sp³-hybridized carbons (Fsp3) is 0.148. The van der Waals surface area contributed by atoms with E-state index in [2.05, 4.69) is 5.32 Å². The quantitative estimate of drug-likeness (QED) is 0.397. The number of hydrogen-bond acceptors (Lipinski definition) is 4. The zero-order valence-electron chi connectivity index (χ0n) is 18.8. The van der Waals surface area contributed by atoms with E-state index in [1.165, 1.54) is 12.1 Å². The van der Waals surface area contributed by atoms with Crippen LogP contribution in [0.4, 0.5) is 9.39 Å². The van der Waals surface area contributed by atoms with E-state index < -0.39 is 17.7 Å². The molecule has 0 saturated carbocycles. The molecule has 6 nitrogen and oxygen atoms in total. The second kappa shape index (κ2) is 8.96. The Labute approximate surface area is 204 Å². The number of thiophene rings is 1. The van der Waals surface area contributed by atoms with Gasteiger partial charge in [0.15, 0.2) is 0 Å². The first-order chi connectivity index (χ1) is 16.8. The van der Waals surface area contributed by atoms with E-state index in [1.807, 2.05) is 30.3 Å². The first-order valence-electron chi connectivity index (χ1n) is 11.1. The molecule has 1 aromatic heterocycles. The first-order valence-corrected chi connectivity index (χ1v) is 11.9. The Kier molecular flexibility index (Phi) is 5.82. The number of nitrogens with zero attached hydrogens (tertiary/aromatic N) is 1. The second-order valence-corrected chi connectivity index (χ2v) is 9.52. The van der Waals surface area contributed by atoms with Crippen molar-refractivity contribution in [1.82, 2.24) is 4.90 Å². The normalized spacial score (nSPS) is 12.9. The lowest BCUT2D eigenvalue weighted by Gasteiger charge is -2.27. The van der Waals surface area contributed by atoms with Gasteiger partial charge in [0, 0.05) is 22.5 Å². The molecule has 0 spiro atoms. The number of hydrogen-bond donors (Lipinski definition) is 2. The lowest BCUT2D eigenvalue weighted by molar-refractivity contribution is 0.0696. The molecule has 0 fully saturated rings. The Morgan fingerprint density at radius 2 is 1.80 bits per heavy atom. The van der Waals surface area contributed by atoms with Crippen molar-refractivity contribution in [3.05, 3.63) is 99.2 Å². The predicted molar refractivity (Wildman–Crippen MR) is 133 cm³/mol. The smallest absolute Gasteiger partial charge is 0.339 e. The minimum atomic E-state index is -1.13. The summed E-state index contributed by atoms with van der Waals surface area (Å²) >= 11 is 1.16. The molecule has 0 radical (unpaired) electrons. The molecular weight excluding hydrogens is 467 g/mol. The van der Waals surface area contributed by atoms with Crippen molar-refractivity contribution in [2.45, 2.75) is 19.9 Å². The molecule has 0 saturated heterocycles. The van der Waals surface area contributed by atoms with Crippen molar-refractivity contribution in [3.8, 4) is 0 Å². The maximum absolute atomic E-state index is 14.0. The molecule has 4 aromatic rings. The van der Waals surface area contributed by atoms with E-state index in [0.29, 0.717) is 29.0 Å². The molecule has 0 aliphatic carbocycles. The van der Waals surface area contributed by atoms with Crippen LogP contribution < -0.4 is 5.32 Å². The van der Waals surface area contributed by atoms with Crippen LogP contribution in [0.25, 0.3) is 10.8 Å². The van der Waals surface area contributed by atoms with Crippen molar-refractivity contribution in [2.75, 3.05) is 11.9 Å². The summed E-state index contributed by atoms with van der Waals surface area (Å²) in [6, 6.07) is 17.4. The van der Waals surface area contributed by atoms with E-state index in [1.54, 1.807) is 30.0 Å². The fourth-order valence-corrected chi connectivity index (χ4v) is 5.66. The number of rotatable bonds is 4. The molecule has 1 aliphatic heterocycles. The third kappa shape index (κ3) is 4.17. The van der Waals surface area contributed by atoms with Crippen LogP contribution in [0.15, 0.2) is 60.7 Å². The number of amides is 2. The third-order valence-electron chi connectivity index (χ3n) is 6.29. The maximum atomic E-state index is 14.0. The number of carboxylic acid groups (broad SMARTS) is 1. The van der Waals surface area contributed by atoms with Gasteiger partial charge in [-0.3, -0.25) is 9.59 Å². The Morgan fingerprint density at radius 1 is 1.03 bits per heavy atom. The average molecular weight is 489 g/mol. The molecule has 2 amide bonds. The summed E-state index contributed by atoms with van der Waals surface area (Å²) in [5.74, 6) is -2.28. The van der Waals surface area contributed by atoms with Crippen molar-refractivity contribution in [3.63, 3.8) is 0 Å². The van der Waals surface area contributed by atoms with E-state index in [-0.39, 0.29) is 34.1 Å². The van der Waals surface area contributed by atoms with Gasteiger partial charge in [0.25, 0.3) is 11.8 Å². The molecule has 8 heteroatoms. The number of carbonyl (C=O) groups is 3. The van der Waals surface area contributed by atoms with Crippen LogP contribution in [-0.2, 0) is 13.0 Å². The van der Waals surface area contributed by atoms with Gasteiger partial charge < -0.3 is 15.3 Å². The van der Waals surface area contributed by atoms with Crippen molar-refractivity contribution < 1.29 is 23.9 Å². The first kappa shape index (κ1) is 22.7. The van der Waals surface area contributed by atoms with Crippen molar-refractivity contribution >= 4 is 44.9 Å². The molecule has 0 atom stereocenters. The SMILES string of the molecule is Cc1c(F)cccc1C(=O)N1CCc2c(sc(NC(=O)c3ccc4ccccc4c3)c2C(=O)O)C1. The summed E-state index contributed by atoms with van der Waals surface area (Å²) < 4.78 is 14.0. The highest BCUT2D eigenvalue weighted by atomic mass is 32.1. The van der Waals surface area contributed by atoms with Crippen LogP contribution in [0.1, 0.15) is 47.1 Å². The van der Waals surface area contributed by atoms with Crippen LogP contribution >= 0.6 is 11.3 Å². The lowest BCUT2D eigenvalue weighted by atomic mass is 10.0. The summed E-state index contributed by atoms with van der Waals surface area (Å²) in [5, 5.41) is 14.8. The van der Waals surface area contributed by atoms with Crippen LogP contribution in [0.3, 0.4) is 0 Å². The number of fused-ring (bicyclic) bond motifs is 2. The van der Waals surface area contributed by atoms with Crippen LogP contribution in [0.5, 0.6) is 0 Å². The number of aromatic carboxylic acids is 1. The third-order valence-corrected chi connectivity index (χ3v) is 7.43. The van der Waals surface area contributed by atoms with Gasteiger partial charge in [-0.25, -0.2) is 9.18 Å². The zero-order chi connectivity index (χ0) is 24.7.